The number of aliphatic imine (C=N–C) groups is 1. The highest BCUT2D eigenvalue weighted by molar-refractivity contribution is 8.15. The smallest absolute Gasteiger partial charge is 0.341 e. The van der Waals surface area contributed by atoms with Crippen molar-refractivity contribution in [1.82, 2.24) is 5.01 Å². The van der Waals surface area contributed by atoms with Crippen LogP contribution < -0.4 is 10.1 Å². The van der Waals surface area contributed by atoms with Crippen molar-refractivity contribution in [2.45, 2.75) is 18.6 Å². The average molecular weight is 490 g/mol. The maximum absolute atomic E-state index is 13.8. The van der Waals surface area contributed by atoms with E-state index < -0.39 is 41.3 Å². The van der Waals surface area contributed by atoms with Crippen molar-refractivity contribution in [2.24, 2.45) is 10.1 Å². The molecule has 12 heteroatoms. The Balaban J connectivity index is 1.71. The van der Waals surface area contributed by atoms with Gasteiger partial charge in [-0.25, -0.2) is 13.6 Å². The van der Waals surface area contributed by atoms with Crippen LogP contribution in [0.15, 0.2) is 52.6 Å². The molecule has 2 aromatic carbocycles. The summed E-state index contributed by atoms with van der Waals surface area (Å²) in [6, 6.07) is 9.30. The number of rotatable bonds is 8. The summed E-state index contributed by atoms with van der Waals surface area (Å²) in [5.41, 5.74) is 0.820. The third kappa shape index (κ3) is 6.16. The minimum absolute atomic E-state index is 0.193. The summed E-state index contributed by atoms with van der Waals surface area (Å²) in [5, 5.41) is 15.9. The molecule has 0 bridgehead atoms. The van der Waals surface area contributed by atoms with Gasteiger partial charge in [-0.15, -0.1) is 0 Å². The van der Waals surface area contributed by atoms with E-state index in [0.717, 1.165) is 28.9 Å². The van der Waals surface area contributed by atoms with Gasteiger partial charge in [0.05, 0.1) is 11.4 Å². The number of amidine groups is 1. The minimum atomic E-state index is -1.11. The van der Waals surface area contributed by atoms with Crippen LogP contribution in [-0.4, -0.2) is 57.7 Å². The molecular weight excluding hydrogens is 470 g/mol. The molecule has 1 saturated heterocycles. The zero-order valence-electron chi connectivity index (χ0n) is 18.1. The lowest BCUT2D eigenvalue weighted by Crippen LogP contribution is -2.30. The fourth-order valence-electron chi connectivity index (χ4n) is 2.95. The van der Waals surface area contributed by atoms with Crippen molar-refractivity contribution in [3.8, 4) is 5.75 Å². The van der Waals surface area contributed by atoms with Gasteiger partial charge in [0.2, 0.25) is 5.91 Å². The first-order chi connectivity index (χ1) is 16.2. The Hall–Kier alpha value is -3.80. The zero-order chi connectivity index (χ0) is 24.8. The van der Waals surface area contributed by atoms with Crippen molar-refractivity contribution in [3.63, 3.8) is 0 Å². The standard InChI is InChI=1S/C22H20F2N4O5S/c1-12(13-4-3-5-15(8-13)33-11-20(30)31)27-28-21(32)18(34-22(28)25-2)10-19(29)26-17-7-6-14(23)9-16(17)24/h3-9,18H,10-11H2,1-2H3,(H,26,29)(H,30,31)/b25-22?,27-12+. The van der Waals surface area contributed by atoms with Crippen LogP contribution in [0.4, 0.5) is 14.5 Å². The summed E-state index contributed by atoms with van der Waals surface area (Å²) < 4.78 is 32.0. The van der Waals surface area contributed by atoms with Gasteiger partial charge in [0.1, 0.15) is 22.6 Å². The van der Waals surface area contributed by atoms with Gasteiger partial charge in [-0.05, 0) is 31.2 Å². The lowest BCUT2D eigenvalue weighted by atomic mass is 10.1. The maximum Gasteiger partial charge on any atom is 0.341 e. The van der Waals surface area contributed by atoms with Crippen molar-refractivity contribution >= 4 is 46.1 Å². The minimum Gasteiger partial charge on any atom is -0.482 e. The highest BCUT2D eigenvalue weighted by Gasteiger charge is 2.39. The molecule has 1 fully saturated rings. The van der Waals surface area contributed by atoms with Gasteiger partial charge in [0.25, 0.3) is 5.91 Å². The summed E-state index contributed by atoms with van der Waals surface area (Å²) in [4.78, 5) is 40.0. The molecule has 9 nitrogen and oxygen atoms in total. The first kappa shape index (κ1) is 24.8. The molecule has 3 rings (SSSR count). The number of nitrogens with zero attached hydrogens (tertiary/aromatic N) is 3. The summed E-state index contributed by atoms with van der Waals surface area (Å²) in [7, 11) is 1.48. The number of amides is 2. The van der Waals surface area contributed by atoms with Crippen LogP contribution >= 0.6 is 11.8 Å². The molecule has 0 aliphatic carbocycles. The van der Waals surface area contributed by atoms with Crippen molar-refractivity contribution in [1.29, 1.82) is 0 Å². The fourth-order valence-corrected chi connectivity index (χ4v) is 3.98. The quantitative estimate of drug-likeness (QED) is 0.549. The lowest BCUT2D eigenvalue weighted by Gasteiger charge is -2.12. The third-order valence-corrected chi connectivity index (χ3v) is 5.76. The van der Waals surface area contributed by atoms with Gasteiger partial charge in [0, 0.05) is 25.1 Å². The molecule has 34 heavy (non-hydrogen) atoms. The highest BCUT2D eigenvalue weighted by Crippen LogP contribution is 2.30. The van der Waals surface area contributed by atoms with Crippen molar-refractivity contribution in [2.75, 3.05) is 19.0 Å². The molecule has 0 spiro atoms. The van der Waals surface area contributed by atoms with Crippen LogP contribution in [0.2, 0.25) is 0 Å². The molecule has 1 aliphatic rings. The van der Waals surface area contributed by atoms with E-state index in [9.17, 15) is 23.2 Å². The highest BCUT2D eigenvalue weighted by atomic mass is 32.2. The number of carboxylic acid groups (broad SMARTS) is 1. The molecule has 2 amide bonds. The number of benzene rings is 2. The topological polar surface area (TPSA) is 121 Å². The lowest BCUT2D eigenvalue weighted by molar-refractivity contribution is -0.139. The summed E-state index contributed by atoms with van der Waals surface area (Å²) in [6.07, 6.45) is -0.275. The summed E-state index contributed by atoms with van der Waals surface area (Å²) in [6.45, 7) is 1.15. The van der Waals surface area contributed by atoms with E-state index in [1.165, 1.54) is 7.05 Å². The Bertz CT molecular complexity index is 1190. The van der Waals surface area contributed by atoms with Gasteiger partial charge >= 0.3 is 5.97 Å². The third-order valence-electron chi connectivity index (χ3n) is 4.54. The first-order valence-electron chi connectivity index (χ1n) is 9.90. The SMILES string of the molecule is CN=C1SC(CC(=O)Nc2ccc(F)cc2F)C(=O)N1/N=C(\C)c1cccc(OCC(=O)O)c1. The second-order valence-electron chi connectivity index (χ2n) is 7.03. The fraction of sp³-hybridized carbons (Fsp3) is 0.227. The maximum atomic E-state index is 13.8. The molecular formula is C22H20F2N4O5S. The predicted octanol–water partition coefficient (Wildman–Crippen LogP) is 3.11. The molecule has 0 saturated carbocycles. The van der Waals surface area contributed by atoms with Crippen molar-refractivity contribution < 1.29 is 33.0 Å². The largest absolute Gasteiger partial charge is 0.482 e. The molecule has 0 aromatic heterocycles. The number of aliphatic carboxylic acids is 1. The predicted molar refractivity (Wildman–Crippen MR) is 123 cm³/mol. The Kier molecular flexibility index (Phi) is 7.95. The second kappa shape index (κ2) is 10.9. The summed E-state index contributed by atoms with van der Waals surface area (Å²) >= 11 is 1.04. The van der Waals surface area contributed by atoms with Gasteiger partial charge in [-0.3, -0.25) is 14.6 Å². The van der Waals surface area contributed by atoms with Crippen LogP contribution in [0.1, 0.15) is 18.9 Å². The molecule has 178 valence electrons. The van der Waals surface area contributed by atoms with Gasteiger partial charge in [-0.1, -0.05) is 23.9 Å². The number of anilines is 1. The van der Waals surface area contributed by atoms with E-state index in [4.69, 9.17) is 9.84 Å². The number of ether oxygens (including phenoxy) is 1. The Morgan fingerprint density at radius 3 is 2.68 bits per heavy atom. The molecule has 2 N–H and O–H groups in total. The number of carbonyl (C=O) groups is 3. The van der Waals surface area contributed by atoms with Gasteiger partial charge in [0.15, 0.2) is 11.8 Å². The number of hydrazone groups is 1. The van der Waals surface area contributed by atoms with E-state index in [-0.39, 0.29) is 17.3 Å². The Morgan fingerprint density at radius 2 is 2.00 bits per heavy atom. The molecule has 1 aliphatic heterocycles. The Morgan fingerprint density at radius 1 is 1.24 bits per heavy atom. The molecule has 1 heterocycles. The van der Waals surface area contributed by atoms with Crippen LogP contribution in [0.25, 0.3) is 0 Å². The van der Waals surface area contributed by atoms with E-state index in [2.05, 4.69) is 15.4 Å². The number of halogens is 2. The van der Waals surface area contributed by atoms with E-state index >= 15 is 0 Å². The van der Waals surface area contributed by atoms with Crippen LogP contribution in [0, 0.1) is 11.6 Å². The van der Waals surface area contributed by atoms with Gasteiger partial charge in [-0.2, -0.15) is 10.1 Å². The number of hydrogen-bond acceptors (Lipinski definition) is 7. The number of hydrogen-bond donors (Lipinski definition) is 2. The number of thioether (sulfide) groups is 1. The molecule has 2 aromatic rings. The Labute approximate surface area is 197 Å². The van der Waals surface area contributed by atoms with E-state index in [1.807, 2.05) is 0 Å². The normalized spacial score (nSPS) is 17.2. The molecule has 1 atom stereocenters. The van der Waals surface area contributed by atoms with Gasteiger partial charge < -0.3 is 15.2 Å². The van der Waals surface area contributed by atoms with Crippen LogP contribution in [0.3, 0.4) is 0 Å². The van der Waals surface area contributed by atoms with Crippen LogP contribution in [0.5, 0.6) is 5.75 Å². The average Bonchev–Trinajstić information content (AvgIpc) is 3.08. The van der Waals surface area contributed by atoms with E-state index in [1.54, 1.807) is 31.2 Å². The number of carboxylic acids is 1. The van der Waals surface area contributed by atoms with Crippen molar-refractivity contribution in [3.05, 3.63) is 59.7 Å². The van der Waals surface area contributed by atoms with Crippen LogP contribution in [-0.2, 0) is 14.4 Å². The summed E-state index contributed by atoms with van der Waals surface area (Å²) in [5.74, 6) is -3.61. The van der Waals surface area contributed by atoms with E-state index in [0.29, 0.717) is 23.1 Å². The second-order valence-corrected chi connectivity index (χ2v) is 8.20. The number of nitrogens with one attached hydrogen (secondary N) is 1. The zero-order valence-corrected chi connectivity index (χ0v) is 18.9. The molecule has 1 unspecified atom stereocenters. The first-order valence-corrected chi connectivity index (χ1v) is 10.8. The monoisotopic (exact) mass is 490 g/mol. The number of carbonyl (C=O) groups excluding carboxylic acids is 2. The molecule has 0 radical (unpaired) electrons.